The predicted octanol–water partition coefficient (Wildman–Crippen LogP) is 6.70. The Kier molecular flexibility index (Phi) is 13.7. The summed E-state index contributed by atoms with van der Waals surface area (Å²) in [6, 6.07) is 19.9. The standard InChI is InChI=1S/C49H57ClN6O10S2/c1-29(57)27-65-42-43(46(60)61)67-49(5,44(42)50)34-10-8-12-36(25-34)66-37-19-22-55(48(3,4)26-37)68(63,64)28-31-9-7-11-35(23-31)51-30(2)54-20-17-32(18-21-54)33-13-14-38-40(24-33)53(6)47(62)56(38)39-15-16-41(58)52-45(39)59/h7-14,23-25,32,37,39,44,51H,2,15-22,26-28H2,1,3-6H3,(H,60,61)(H,52,58,59)/t37-,39?,44?,49?/m1/s1. The number of fused-ring (bicyclic) bond motifs is 1. The number of rotatable bonds is 15. The summed E-state index contributed by atoms with van der Waals surface area (Å²) in [6.45, 7) is 12.7. The zero-order valence-corrected chi connectivity index (χ0v) is 41.1. The Hall–Kier alpha value is -5.56. The van der Waals surface area contributed by atoms with Crippen molar-refractivity contribution >= 4 is 73.7 Å². The van der Waals surface area contributed by atoms with Crippen LogP contribution in [0.5, 0.6) is 5.75 Å². The molecule has 16 nitrogen and oxygen atoms in total. The van der Waals surface area contributed by atoms with E-state index >= 15 is 0 Å². The zero-order chi connectivity index (χ0) is 48.9. The molecule has 3 aromatic carbocycles. The van der Waals surface area contributed by atoms with Crippen LogP contribution in [0.25, 0.3) is 11.0 Å². The number of ether oxygens (including phenoxy) is 2. The first-order valence-corrected chi connectivity index (χ1v) is 25.6. The lowest BCUT2D eigenvalue weighted by Crippen LogP contribution is -2.55. The lowest BCUT2D eigenvalue weighted by atomic mass is 9.89. The number of alkyl halides is 1. The molecule has 2 amide bonds. The number of nitrogens with one attached hydrogen (secondary N) is 2. The van der Waals surface area contributed by atoms with Crippen LogP contribution in [0.15, 0.2) is 94.6 Å². The fraction of sp³-hybridized carbons (Fsp3) is 0.449. The van der Waals surface area contributed by atoms with E-state index in [1.54, 1.807) is 22.0 Å². The number of carboxylic acid groups (broad SMARTS) is 1. The van der Waals surface area contributed by atoms with E-state index in [4.69, 9.17) is 21.1 Å². The molecule has 0 saturated carbocycles. The monoisotopic (exact) mass is 988 g/mol. The highest BCUT2D eigenvalue weighted by Gasteiger charge is 2.50. The Morgan fingerprint density at radius 2 is 1.71 bits per heavy atom. The molecule has 5 heterocycles. The highest BCUT2D eigenvalue weighted by Crippen LogP contribution is 2.56. The molecule has 3 fully saturated rings. The van der Waals surface area contributed by atoms with Crippen molar-refractivity contribution in [3.8, 4) is 5.75 Å². The Labute approximate surface area is 404 Å². The number of piperidine rings is 3. The van der Waals surface area contributed by atoms with Crippen molar-refractivity contribution in [3.63, 3.8) is 0 Å². The number of carbonyl (C=O) groups excluding carboxylic acids is 3. The second-order valence-electron chi connectivity index (χ2n) is 18.9. The summed E-state index contributed by atoms with van der Waals surface area (Å²) in [5.41, 5.74) is 3.52. The molecule has 3 unspecified atom stereocenters. The van der Waals surface area contributed by atoms with Gasteiger partial charge in [0.25, 0.3) is 0 Å². The van der Waals surface area contributed by atoms with Crippen molar-refractivity contribution in [1.82, 2.24) is 23.7 Å². The number of halogens is 1. The quantitative estimate of drug-likeness (QED) is 0.0841. The first-order valence-electron chi connectivity index (χ1n) is 22.7. The van der Waals surface area contributed by atoms with Crippen LogP contribution in [0.1, 0.15) is 94.9 Å². The summed E-state index contributed by atoms with van der Waals surface area (Å²) in [5, 5.41) is 14.8. The number of likely N-dealkylation sites (tertiary alicyclic amines) is 1. The van der Waals surface area contributed by atoms with Gasteiger partial charge in [0, 0.05) is 50.7 Å². The van der Waals surface area contributed by atoms with Crippen molar-refractivity contribution in [2.45, 2.75) is 106 Å². The largest absolute Gasteiger partial charge is 0.490 e. The van der Waals surface area contributed by atoms with Gasteiger partial charge in [-0.2, -0.15) is 4.31 Å². The molecule has 0 radical (unpaired) electrons. The number of allylic oxidation sites excluding steroid dienone is 1. The maximum Gasteiger partial charge on any atom is 0.345 e. The maximum absolute atomic E-state index is 14.1. The smallest absolute Gasteiger partial charge is 0.345 e. The van der Waals surface area contributed by atoms with Gasteiger partial charge in [-0.1, -0.05) is 36.9 Å². The highest BCUT2D eigenvalue weighted by atomic mass is 35.5. The van der Waals surface area contributed by atoms with Gasteiger partial charge in [0.05, 0.1) is 27.4 Å². The Balaban J connectivity index is 0.853. The number of hydrogen-bond acceptors (Lipinski definition) is 12. The molecular weight excluding hydrogens is 932 g/mol. The zero-order valence-electron chi connectivity index (χ0n) is 38.8. The number of thioether (sulfide) groups is 1. The van der Waals surface area contributed by atoms with Crippen molar-refractivity contribution in [2.75, 3.05) is 31.6 Å². The van der Waals surface area contributed by atoms with Crippen LogP contribution in [0.4, 0.5) is 5.69 Å². The number of imide groups is 1. The van der Waals surface area contributed by atoms with Crippen LogP contribution < -0.4 is 21.1 Å². The van der Waals surface area contributed by atoms with Gasteiger partial charge in [0.2, 0.25) is 21.8 Å². The summed E-state index contributed by atoms with van der Waals surface area (Å²) in [6.07, 6.45) is 2.73. The van der Waals surface area contributed by atoms with E-state index in [-0.39, 0.29) is 71.8 Å². The average molecular weight is 990 g/mol. The van der Waals surface area contributed by atoms with Crippen LogP contribution in [-0.4, -0.2) is 98.7 Å². The second kappa shape index (κ2) is 19.1. The van der Waals surface area contributed by atoms with Gasteiger partial charge < -0.3 is 24.8 Å². The Morgan fingerprint density at radius 1 is 0.971 bits per heavy atom. The third-order valence-electron chi connectivity index (χ3n) is 13.5. The molecule has 4 atom stereocenters. The molecule has 19 heteroatoms. The van der Waals surface area contributed by atoms with E-state index in [9.17, 15) is 37.5 Å². The van der Waals surface area contributed by atoms with Gasteiger partial charge in [-0.3, -0.25) is 28.8 Å². The number of carbonyl (C=O) groups is 4. The molecule has 4 aromatic rings. The highest BCUT2D eigenvalue weighted by molar-refractivity contribution is 8.05. The molecule has 8 rings (SSSR count). The molecule has 4 aliphatic heterocycles. The van der Waals surface area contributed by atoms with Crippen molar-refractivity contribution < 1.29 is 42.2 Å². The summed E-state index contributed by atoms with van der Waals surface area (Å²) >= 11 is 7.92. The van der Waals surface area contributed by atoms with E-state index < -0.39 is 43.6 Å². The number of benzene rings is 3. The number of nitrogens with zero attached hydrogens (tertiary/aromatic N) is 4. The lowest BCUT2D eigenvalue weighted by Gasteiger charge is -2.44. The molecule has 0 spiro atoms. The first-order chi connectivity index (χ1) is 32.1. The topological polar surface area (TPSA) is 199 Å². The number of sulfonamides is 1. The molecule has 362 valence electrons. The van der Waals surface area contributed by atoms with Gasteiger partial charge in [-0.15, -0.1) is 23.4 Å². The second-order valence-corrected chi connectivity index (χ2v) is 22.7. The SMILES string of the molecule is C=C(Nc1cccc(CS(=O)(=O)N2CC[C@@H](Oc3cccc(C4(C)SC(C(=O)O)=C(OCC(C)=O)C4Cl)c3)CC2(C)C)c1)N1CCC(c2ccc3c(c2)n(C)c(=O)n3C2CCC(=O)NC2=O)CC1. The maximum atomic E-state index is 14.1. The molecule has 3 saturated heterocycles. The van der Waals surface area contributed by atoms with Crippen LogP contribution in [-0.2, 0) is 51.5 Å². The van der Waals surface area contributed by atoms with Crippen LogP contribution in [0.2, 0.25) is 0 Å². The number of aryl methyl sites for hydroxylation is 1. The van der Waals surface area contributed by atoms with Crippen LogP contribution >= 0.6 is 23.4 Å². The van der Waals surface area contributed by atoms with Gasteiger partial charge in [0.15, 0.2) is 5.78 Å². The minimum absolute atomic E-state index is 0.0520. The van der Waals surface area contributed by atoms with Crippen molar-refractivity contribution in [3.05, 3.63) is 117 Å². The molecule has 68 heavy (non-hydrogen) atoms. The number of anilines is 1. The van der Waals surface area contributed by atoms with Crippen LogP contribution in [0, 0.1) is 0 Å². The lowest BCUT2D eigenvalue weighted by molar-refractivity contribution is -0.136. The minimum atomic E-state index is -3.76. The van der Waals surface area contributed by atoms with E-state index in [2.05, 4.69) is 22.1 Å². The summed E-state index contributed by atoms with van der Waals surface area (Å²) < 4.78 is 44.0. The summed E-state index contributed by atoms with van der Waals surface area (Å²) in [4.78, 5) is 63.6. The first kappa shape index (κ1) is 48.9. The van der Waals surface area contributed by atoms with Crippen molar-refractivity contribution in [1.29, 1.82) is 0 Å². The number of hydrogen-bond donors (Lipinski definition) is 3. The number of ketones is 1. The number of aliphatic carboxylic acids is 1. The van der Waals surface area contributed by atoms with Gasteiger partial charge in [-0.05, 0) is 112 Å². The fourth-order valence-corrected chi connectivity index (χ4v) is 13.7. The predicted molar refractivity (Wildman–Crippen MR) is 261 cm³/mol. The molecule has 1 aromatic heterocycles. The van der Waals surface area contributed by atoms with E-state index in [1.807, 2.05) is 81.4 Å². The Morgan fingerprint density at radius 3 is 2.40 bits per heavy atom. The number of amides is 2. The fourth-order valence-electron chi connectivity index (χ4n) is 9.98. The number of aromatic nitrogens is 2. The number of carboxylic acids is 1. The van der Waals surface area contributed by atoms with Crippen LogP contribution in [0.3, 0.4) is 0 Å². The number of imidazole rings is 1. The van der Waals surface area contributed by atoms with Crippen molar-refractivity contribution in [2.24, 2.45) is 7.05 Å². The molecule has 3 N–H and O–H groups in total. The van der Waals surface area contributed by atoms with Gasteiger partial charge in [-0.25, -0.2) is 18.0 Å². The normalized spacial score (nSPS) is 23.7. The molecule has 0 bridgehead atoms. The van der Waals surface area contributed by atoms with Gasteiger partial charge in [0.1, 0.15) is 40.5 Å². The van der Waals surface area contributed by atoms with E-state index in [0.717, 1.165) is 54.5 Å². The molecule has 4 aliphatic rings. The van der Waals surface area contributed by atoms with E-state index in [1.165, 1.54) is 11.5 Å². The van der Waals surface area contributed by atoms with Gasteiger partial charge >= 0.3 is 11.7 Å². The number of Topliss-reactive ketones (excluding diaryl/α,β-unsaturated/α-hetero) is 1. The Bertz CT molecular complexity index is 2900. The van der Waals surface area contributed by atoms with E-state index in [0.29, 0.717) is 41.1 Å². The summed E-state index contributed by atoms with van der Waals surface area (Å²) in [5.74, 6) is -0.881. The molecular formula is C49H57ClN6O10S2. The summed E-state index contributed by atoms with van der Waals surface area (Å²) in [7, 11) is -2.06. The molecule has 0 aliphatic carbocycles. The third kappa shape index (κ3) is 9.82. The average Bonchev–Trinajstić information content (AvgIpc) is 3.69. The third-order valence-corrected chi connectivity index (χ3v) is 17.8. The minimum Gasteiger partial charge on any atom is -0.490 e.